The number of allylic oxidation sites excluding steroid dienone is 2. The normalized spacial score (nSPS) is 10.1. The third kappa shape index (κ3) is 2.55. The number of hydrogen-bond donors (Lipinski definition) is 0. The Kier molecular flexibility index (Phi) is 3.22. The van der Waals surface area contributed by atoms with Crippen molar-refractivity contribution in [2.45, 2.75) is 6.92 Å². The highest BCUT2D eigenvalue weighted by molar-refractivity contribution is 5.37. The molecule has 0 bridgehead atoms. The van der Waals surface area contributed by atoms with E-state index in [9.17, 15) is 0 Å². The summed E-state index contributed by atoms with van der Waals surface area (Å²) >= 11 is 0. The van der Waals surface area contributed by atoms with E-state index in [0.29, 0.717) is 5.57 Å². The maximum absolute atomic E-state index is 8.37. The lowest BCUT2D eigenvalue weighted by Crippen LogP contribution is -1.79. The summed E-state index contributed by atoms with van der Waals surface area (Å²) in [6.45, 7) is 5.33. The number of rotatable bonds is 2. The van der Waals surface area contributed by atoms with Crippen LogP contribution in [0, 0.1) is 11.3 Å². The molecule has 0 N–H and O–H groups in total. The largest absolute Gasteiger partial charge is 0.503 e. The molecule has 0 rings (SSSR count). The quantitative estimate of drug-likeness (QED) is 0.317. The number of nitriles is 1. The van der Waals surface area contributed by atoms with Gasteiger partial charge in [0.15, 0.2) is 0 Å². The Morgan fingerprint density at radius 1 is 1.78 bits per heavy atom. The van der Waals surface area contributed by atoms with Gasteiger partial charge in [-0.05, 0) is 12.5 Å². The monoisotopic (exact) mass is 123 g/mol. The van der Waals surface area contributed by atoms with Crippen molar-refractivity contribution in [2.75, 3.05) is 7.11 Å². The van der Waals surface area contributed by atoms with E-state index in [1.54, 1.807) is 6.92 Å². The maximum Gasteiger partial charge on any atom is 0.103 e. The fourth-order valence-corrected chi connectivity index (χ4v) is 0.340. The van der Waals surface area contributed by atoms with Crippen molar-refractivity contribution in [2.24, 2.45) is 0 Å². The fraction of sp³-hybridized carbons (Fsp3) is 0.286. The van der Waals surface area contributed by atoms with Crippen LogP contribution in [-0.2, 0) is 4.74 Å². The predicted octanol–water partition coefficient (Wildman–Crippen LogP) is 1.62. The fourth-order valence-electron chi connectivity index (χ4n) is 0.340. The van der Waals surface area contributed by atoms with Crippen LogP contribution in [0.25, 0.3) is 0 Å². The first-order valence-corrected chi connectivity index (χ1v) is 2.51. The molecule has 0 fully saturated rings. The van der Waals surface area contributed by atoms with Crippen molar-refractivity contribution in [3.8, 4) is 6.07 Å². The minimum atomic E-state index is 0.484. The highest BCUT2D eigenvalue weighted by atomic mass is 16.5. The van der Waals surface area contributed by atoms with Crippen LogP contribution >= 0.6 is 0 Å². The molecular formula is C7H9NO. The summed E-state index contributed by atoms with van der Waals surface area (Å²) in [4.78, 5) is 0. The van der Waals surface area contributed by atoms with Gasteiger partial charge in [-0.1, -0.05) is 6.58 Å². The van der Waals surface area contributed by atoms with Crippen molar-refractivity contribution in [1.82, 2.24) is 0 Å². The molecule has 0 amide bonds. The van der Waals surface area contributed by atoms with Gasteiger partial charge < -0.3 is 4.74 Å². The Morgan fingerprint density at radius 2 is 2.33 bits per heavy atom. The molecule has 2 heteroatoms. The second-order valence-corrected chi connectivity index (χ2v) is 1.66. The zero-order valence-electron chi connectivity index (χ0n) is 5.64. The van der Waals surface area contributed by atoms with Crippen LogP contribution in [0.4, 0.5) is 0 Å². The summed E-state index contributed by atoms with van der Waals surface area (Å²) in [5.41, 5.74) is 1.21. The first-order valence-electron chi connectivity index (χ1n) is 2.51. The van der Waals surface area contributed by atoms with E-state index in [-0.39, 0.29) is 0 Å². The molecule has 0 aromatic heterocycles. The van der Waals surface area contributed by atoms with Gasteiger partial charge in [0.25, 0.3) is 0 Å². The molecule has 0 aliphatic carbocycles. The van der Waals surface area contributed by atoms with E-state index in [1.165, 1.54) is 13.4 Å². The Hall–Kier alpha value is -1.23. The summed E-state index contributed by atoms with van der Waals surface area (Å²) < 4.78 is 4.61. The van der Waals surface area contributed by atoms with Gasteiger partial charge in [-0.15, -0.1) is 0 Å². The number of nitrogens with zero attached hydrogens (tertiary/aromatic N) is 1. The molecule has 0 saturated carbocycles. The molecule has 48 valence electrons. The van der Waals surface area contributed by atoms with Crippen LogP contribution in [0.3, 0.4) is 0 Å². The van der Waals surface area contributed by atoms with Crippen LogP contribution in [0.2, 0.25) is 0 Å². The lowest BCUT2D eigenvalue weighted by molar-refractivity contribution is 0.336. The van der Waals surface area contributed by atoms with Crippen LogP contribution < -0.4 is 0 Å². The van der Waals surface area contributed by atoms with Gasteiger partial charge in [0.1, 0.15) is 12.3 Å². The third-order valence-electron chi connectivity index (χ3n) is 0.816. The number of ether oxygens (including phenoxy) is 1. The van der Waals surface area contributed by atoms with Crippen molar-refractivity contribution in [3.63, 3.8) is 0 Å². The lowest BCUT2D eigenvalue weighted by Gasteiger charge is -1.92. The first-order chi connectivity index (χ1) is 4.22. The summed E-state index contributed by atoms with van der Waals surface area (Å²) in [5.74, 6) is 0. The van der Waals surface area contributed by atoms with Gasteiger partial charge in [-0.25, -0.2) is 0 Å². The maximum atomic E-state index is 8.37. The van der Waals surface area contributed by atoms with Crippen molar-refractivity contribution >= 4 is 0 Å². The predicted molar refractivity (Wildman–Crippen MR) is 35.5 cm³/mol. The molecule has 9 heavy (non-hydrogen) atoms. The molecule has 0 saturated heterocycles. The van der Waals surface area contributed by atoms with E-state index in [2.05, 4.69) is 11.3 Å². The molecule has 0 aliphatic heterocycles. The van der Waals surface area contributed by atoms with Crippen LogP contribution in [0.5, 0.6) is 0 Å². The summed E-state index contributed by atoms with van der Waals surface area (Å²) in [7, 11) is 1.50. The van der Waals surface area contributed by atoms with Gasteiger partial charge in [0.05, 0.1) is 12.7 Å². The average Bonchev–Trinajstić information content (AvgIpc) is 1.82. The molecule has 0 unspecified atom stereocenters. The van der Waals surface area contributed by atoms with E-state index < -0.39 is 0 Å². The van der Waals surface area contributed by atoms with Crippen molar-refractivity contribution in [3.05, 3.63) is 24.0 Å². The molecule has 0 aromatic rings. The second kappa shape index (κ2) is 3.73. The van der Waals surface area contributed by atoms with E-state index in [4.69, 9.17) is 5.26 Å². The standard InChI is InChI=1S/C7H9NO/c1-6(2)7(4-8)5-9-3/h5H,1H2,2-3H3/b7-5-. The Labute approximate surface area is 55.1 Å². The first kappa shape index (κ1) is 7.77. The van der Waals surface area contributed by atoms with Crippen LogP contribution in [-0.4, -0.2) is 7.11 Å². The molecule has 0 atom stereocenters. The van der Waals surface area contributed by atoms with E-state index in [1.807, 2.05) is 6.07 Å². The third-order valence-corrected chi connectivity index (χ3v) is 0.816. The second-order valence-electron chi connectivity index (χ2n) is 1.66. The Bertz CT molecular complexity index is 174. The van der Waals surface area contributed by atoms with Crippen molar-refractivity contribution in [1.29, 1.82) is 5.26 Å². The highest BCUT2D eigenvalue weighted by Crippen LogP contribution is 2.03. The Morgan fingerprint density at radius 3 is 2.44 bits per heavy atom. The molecule has 0 radical (unpaired) electrons. The van der Waals surface area contributed by atoms with E-state index in [0.717, 1.165) is 5.57 Å². The van der Waals surface area contributed by atoms with E-state index >= 15 is 0 Å². The van der Waals surface area contributed by atoms with Gasteiger partial charge in [-0.3, -0.25) is 0 Å². The topological polar surface area (TPSA) is 33.0 Å². The van der Waals surface area contributed by atoms with Crippen LogP contribution in [0.15, 0.2) is 24.0 Å². The summed E-state index contributed by atoms with van der Waals surface area (Å²) in [5, 5.41) is 8.37. The SMILES string of the molecule is C=C(C)/C(C#N)=C\OC. The van der Waals surface area contributed by atoms with Crippen molar-refractivity contribution < 1.29 is 4.74 Å². The summed E-state index contributed by atoms with van der Waals surface area (Å²) in [6.07, 6.45) is 1.38. The minimum absolute atomic E-state index is 0.484. The number of methoxy groups -OCH3 is 1. The van der Waals surface area contributed by atoms with Gasteiger partial charge in [-0.2, -0.15) is 5.26 Å². The smallest absolute Gasteiger partial charge is 0.103 e. The average molecular weight is 123 g/mol. The number of hydrogen-bond acceptors (Lipinski definition) is 2. The highest BCUT2D eigenvalue weighted by Gasteiger charge is 1.92. The molecule has 0 aromatic carbocycles. The molecule has 0 heterocycles. The zero-order valence-corrected chi connectivity index (χ0v) is 5.64. The Balaban J connectivity index is 4.20. The molecule has 2 nitrogen and oxygen atoms in total. The lowest BCUT2D eigenvalue weighted by atomic mass is 10.2. The summed E-state index contributed by atoms with van der Waals surface area (Å²) in [6, 6.07) is 1.94. The van der Waals surface area contributed by atoms with Gasteiger partial charge in [0, 0.05) is 0 Å². The molecule has 0 aliphatic rings. The van der Waals surface area contributed by atoms with Gasteiger partial charge >= 0.3 is 0 Å². The van der Waals surface area contributed by atoms with Gasteiger partial charge in [0.2, 0.25) is 0 Å². The van der Waals surface area contributed by atoms with Crippen LogP contribution in [0.1, 0.15) is 6.92 Å². The molecule has 0 spiro atoms. The molecular weight excluding hydrogens is 114 g/mol. The zero-order chi connectivity index (χ0) is 7.28. The minimum Gasteiger partial charge on any atom is -0.503 e.